The van der Waals surface area contributed by atoms with E-state index >= 15 is 0 Å². The Bertz CT molecular complexity index is 634. The number of carbonyl (C=O) groups is 1. The molecule has 0 aromatic carbocycles. The highest BCUT2D eigenvalue weighted by molar-refractivity contribution is 7.89. The first-order valence-corrected chi connectivity index (χ1v) is 8.68. The van der Waals surface area contributed by atoms with Crippen LogP contribution in [0.4, 0.5) is 5.69 Å². The van der Waals surface area contributed by atoms with Crippen LogP contribution >= 0.6 is 0 Å². The fourth-order valence-corrected chi connectivity index (χ4v) is 4.28. The van der Waals surface area contributed by atoms with E-state index in [0.29, 0.717) is 25.3 Å². The van der Waals surface area contributed by atoms with Gasteiger partial charge < -0.3 is 4.90 Å². The summed E-state index contributed by atoms with van der Waals surface area (Å²) in [4.78, 5) is 22.2. The third kappa shape index (κ3) is 2.53. The van der Waals surface area contributed by atoms with E-state index in [2.05, 4.69) is 9.97 Å². The molecule has 0 N–H and O–H groups in total. The van der Waals surface area contributed by atoms with Crippen LogP contribution in [-0.4, -0.2) is 54.0 Å². The van der Waals surface area contributed by atoms with Crippen LogP contribution in [0.15, 0.2) is 18.7 Å². The average Bonchev–Trinajstić information content (AvgIpc) is 2.94. The first-order valence-electron chi connectivity index (χ1n) is 7.07. The molecular weight excluding hydrogens is 292 g/mol. The van der Waals surface area contributed by atoms with E-state index < -0.39 is 10.0 Å². The summed E-state index contributed by atoms with van der Waals surface area (Å²) >= 11 is 0. The number of carbonyl (C=O) groups excluding carboxylic acids is 1. The fourth-order valence-electron chi connectivity index (χ4n) is 3.11. The van der Waals surface area contributed by atoms with Crippen LogP contribution in [0.1, 0.15) is 13.3 Å². The monoisotopic (exact) mass is 310 g/mol. The summed E-state index contributed by atoms with van der Waals surface area (Å²) in [7, 11) is -3.22. The molecule has 8 heteroatoms. The van der Waals surface area contributed by atoms with Crippen LogP contribution in [0.2, 0.25) is 0 Å². The van der Waals surface area contributed by atoms with Crippen molar-refractivity contribution in [3.63, 3.8) is 0 Å². The molecule has 2 fully saturated rings. The molecule has 1 aromatic heterocycles. The van der Waals surface area contributed by atoms with Gasteiger partial charge in [-0.2, -0.15) is 0 Å². The molecule has 0 radical (unpaired) electrons. The Hall–Kier alpha value is -1.54. The number of piperidine rings is 1. The number of rotatable bonds is 3. The van der Waals surface area contributed by atoms with Crippen LogP contribution in [0.5, 0.6) is 0 Å². The summed E-state index contributed by atoms with van der Waals surface area (Å²) in [6.45, 7) is 2.98. The predicted molar refractivity (Wildman–Crippen MR) is 77.0 cm³/mol. The second-order valence-corrected chi connectivity index (χ2v) is 7.72. The van der Waals surface area contributed by atoms with Gasteiger partial charge in [-0.1, -0.05) is 0 Å². The Morgan fingerprint density at radius 2 is 2.00 bits per heavy atom. The Morgan fingerprint density at radius 3 is 2.67 bits per heavy atom. The maximum atomic E-state index is 12.6. The number of aromatic nitrogens is 2. The van der Waals surface area contributed by atoms with Crippen molar-refractivity contribution in [3.8, 4) is 0 Å². The molecular formula is C13H18N4O3S. The molecule has 7 nitrogen and oxygen atoms in total. The number of hydrogen-bond acceptors (Lipinski definition) is 5. The summed E-state index contributed by atoms with van der Waals surface area (Å²) in [5.74, 6) is -0.0634. The SMILES string of the molecule is CCS(=O)(=O)N1C[C@H]2CCN(c3cncnc3)C(=O)[C@H]2C1. The molecule has 114 valence electrons. The highest BCUT2D eigenvalue weighted by atomic mass is 32.2. The van der Waals surface area contributed by atoms with Gasteiger partial charge in [-0.3, -0.25) is 4.79 Å². The second kappa shape index (κ2) is 5.34. The minimum Gasteiger partial charge on any atom is -0.309 e. The molecule has 21 heavy (non-hydrogen) atoms. The van der Waals surface area contributed by atoms with E-state index in [1.54, 1.807) is 24.2 Å². The van der Waals surface area contributed by atoms with Crippen molar-refractivity contribution in [2.45, 2.75) is 13.3 Å². The van der Waals surface area contributed by atoms with Crippen molar-refractivity contribution >= 4 is 21.6 Å². The summed E-state index contributed by atoms with van der Waals surface area (Å²) in [5.41, 5.74) is 0.678. The topological polar surface area (TPSA) is 83.5 Å². The van der Waals surface area contributed by atoms with Crippen molar-refractivity contribution in [3.05, 3.63) is 18.7 Å². The lowest BCUT2D eigenvalue weighted by molar-refractivity contribution is -0.124. The van der Waals surface area contributed by atoms with E-state index in [9.17, 15) is 13.2 Å². The molecule has 2 atom stereocenters. The lowest BCUT2D eigenvalue weighted by atomic mass is 9.88. The largest absolute Gasteiger partial charge is 0.309 e. The molecule has 0 aliphatic carbocycles. The fraction of sp³-hybridized carbons (Fsp3) is 0.615. The summed E-state index contributed by atoms with van der Waals surface area (Å²) < 4.78 is 25.4. The van der Waals surface area contributed by atoms with Crippen LogP contribution in [0.3, 0.4) is 0 Å². The first-order chi connectivity index (χ1) is 10.0. The Morgan fingerprint density at radius 1 is 1.29 bits per heavy atom. The van der Waals surface area contributed by atoms with Crippen molar-refractivity contribution in [2.75, 3.05) is 30.3 Å². The number of fused-ring (bicyclic) bond motifs is 1. The number of sulfonamides is 1. The third-order valence-electron chi connectivity index (χ3n) is 4.33. The zero-order valence-electron chi connectivity index (χ0n) is 11.8. The third-order valence-corrected chi connectivity index (χ3v) is 6.15. The Labute approximate surface area is 124 Å². The molecule has 3 heterocycles. The quantitative estimate of drug-likeness (QED) is 0.791. The van der Waals surface area contributed by atoms with E-state index in [1.807, 2.05) is 0 Å². The van der Waals surface area contributed by atoms with Gasteiger partial charge in [0.1, 0.15) is 6.33 Å². The normalized spacial score (nSPS) is 26.9. The predicted octanol–water partition coefficient (Wildman–Crippen LogP) is 0.111. The highest BCUT2D eigenvalue weighted by Gasteiger charge is 2.46. The van der Waals surface area contributed by atoms with Crippen molar-refractivity contribution in [1.29, 1.82) is 0 Å². The molecule has 0 bridgehead atoms. The minimum atomic E-state index is -3.22. The lowest BCUT2D eigenvalue weighted by Gasteiger charge is -2.33. The van der Waals surface area contributed by atoms with Crippen molar-refractivity contribution < 1.29 is 13.2 Å². The molecule has 0 spiro atoms. The average molecular weight is 310 g/mol. The van der Waals surface area contributed by atoms with Crippen LogP contribution in [-0.2, 0) is 14.8 Å². The van der Waals surface area contributed by atoms with Gasteiger partial charge in [0.25, 0.3) is 0 Å². The van der Waals surface area contributed by atoms with Gasteiger partial charge in [0.05, 0.1) is 29.8 Å². The van der Waals surface area contributed by atoms with E-state index in [1.165, 1.54) is 10.6 Å². The maximum Gasteiger partial charge on any atom is 0.231 e. The number of nitrogens with zero attached hydrogens (tertiary/aromatic N) is 4. The van der Waals surface area contributed by atoms with Gasteiger partial charge in [0, 0.05) is 19.6 Å². The van der Waals surface area contributed by atoms with Gasteiger partial charge >= 0.3 is 0 Å². The van der Waals surface area contributed by atoms with Crippen LogP contribution in [0.25, 0.3) is 0 Å². The smallest absolute Gasteiger partial charge is 0.231 e. The molecule has 2 aliphatic heterocycles. The Balaban J connectivity index is 1.80. The van der Waals surface area contributed by atoms with Gasteiger partial charge in [-0.15, -0.1) is 0 Å². The van der Waals surface area contributed by atoms with E-state index in [-0.39, 0.29) is 23.5 Å². The Kier molecular flexibility index (Phi) is 3.66. The van der Waals surface area contributed by atoms with E-state index in [4.69, 9.17) is 0 Å². The maximum absolute atomic E-state index is 12.6. The van der Waals surface area contributed by atoms with Crippen molar-refractivity contribution in [1.82, 2.24) is 14.3 Å². The van der Waals surface area contributed by atoms with Crippen molar-refractivity contribution in [2.24, 2.45) is 11.8 Å². The zero-order chi connectivity index (χ0) is 15.0. The highest BCUT2D eigenvalue weighted by Crippen LogP contribution is 2.35. The molecule has 0 saturated carbocycles. The minimum absolute atomic E-state index is 0.0187. The number of hydrogen-bond donors (Lipinski definition) is 0. The molecule has 0 unspecified atom stereocenters. The molecule has 2 aliphatic rings. The number of amides is 1. The van der Waals surface area contributed by atoms with Crippen LogP contribution in [0, 0.1) is 11.8 Å². The molecule has 2 saturated heterocycles. The molecule has 1 amide bonds. The van der Waals surface area contributed by atoms with Crippen LogP contribution < -0.4 is 4.90 Å². The van der Waals surface area contributed by atoms with Gasteiger partial charge in [-0.25, -0.2) is 22.7 Å². The van der Waals surface area contributed by atoms with Gasteiger partial charge in [0.15, 0.2) is 0 Å². The molecule has 3 rings (SSSR count). The first kappa shape index (κ1) is 14.4. The lowest BCUT2D eigenvalue weighted by Crippen LogP contribution is -2.45. The standard InChI is InChI=1S/C13H18N4O3S/c1-2-21(19,20)16-7-10-3-4-17(13(18)12(10)8-16)11-5-14-9-15-6-11/h5-6,9-10,12H,2-4,7-8H2,1H3/t10-,12+/m1/s1. The van der Waals surface area contributed by atoms with Gasteiger partial charge in [-0.05, 0) is 19.3 Å². The zero-order valence-corrected chi connectivity index (χ0v) is 12.7. The second-order valence-electron chi connectivity index (χ2n) is 5.46. The number of anilines is 1. The summed E-state index contributed by atoms with van der Waals surface area (Å²) in [5, 5.41) is 0. The summed E-state index contributed by atoms with van der Waals surface area (Å²) in [6, 6.07) is 0. The van der Waals surface area contributed by atoms with Gasteiger partial charge in [0.2, 0.25) is 15.9 Å². The molecule has 1 aromatic rings. The van der Waals surface area contributed by atoms with E-state index in [0.717, 1.165) is 6.42 Å². The summed E-state index contributed by atoms with van der Waals surface area (Å²) in [6.07, 6.45) is 5.45.